The summed E-state index contributed by atoms with van der Waals surface area (Å²) < 4.78 is 7.07. The van der Waals surface area contributed by atoms with Crippen LogP contribution in [-0.4, -0.2) is 39.4 Å². The number of fused-ring (bicyclic) bond motifs is 1. The number of aryl methyl sites for hydroxylation is 1. The van der Waals surface area contributed by atoms with Gasteiger partial charge in [0.1, 0.15) is 17.9 Å². The predicted octanol–water partition coefficient (Wildman–Crippen LogP) is 3.31. The zero-order chi connectivity index (χ0) is 18.7. The van der Waals surface area contributed by atoms with Crippen molar-refractivity contribution < 1.29 is 4.74 Å². The zero-order valence-corrected chi connectivity index (χ0v) is 15.9. The Morgan fingerprint density at radius 2 is 2.04 bits per heavy atom. The van der Waals surface area contributed by atoms with Crippen molar-refractivity contribution in [3.63, 3.8) is 0 Å². The number of anilines is 2. The molecule has 0 aliphatic carbocycles. The number of nitrogens with one attached hydrogen (secondary N) is 2. The smallest absolute Gasteiger partial charge is 0.163 e. The van der Waals surface area contributed by atoms with Crippen LogP contribution in [0.25, 0.3) is 11.0 Å². The molecular formula is C19H26N6O. The van der Waals surface area contributed by atoms with Crippen LogP contribution in [0.2, 0.25) is 0 Å². The second-order valence-corrected chi connectivity index (χ2v) is 7.40. The molecule has 3 rings (SSSR count). The number of rotatable bonds is 6. The largest absolute Gasteiger partial charge is 0.497 e. The second kappa shape index (κ2) is 7.19. The van der Waals surface area contributed by atoms with E-state index in [1.807, 2.05) is 31.3 Å². The highest BCUT2D eigenvalue weighted by Gasteiger charge is 2.25. The molecule has 0 aliphatic rings. The van der Waals surface area contributed by atoms with Gasteiger partial charge in [0, 0.05) is 31.4 Å². The van der Waals surface area contributed by atoms with Gasteiger partial charge >= 0.3 is 0 Å². The summed E-state index contributed by atoms with van der Waals surface area (Å²) in [6, 6.07) is 8.15. The van der Waals surface area contributed by atoms with Crippen molar-refractivity contribution >= 4 is 22.5 Å². The van der Waals surface area contributed by atoms with Crippen molar-refractivity contribution in [2.75, 3.05) is 24.3 Å². The van der Waals surface area contributed by atoms with Crippen LogP contribution < -0.4 is 15.4 Å². The number of hydrogen-bond acceptors (Lipinski definition) is 6. The second-order valence-electron chi connectivity index (χ2n) is 7.40. The Kier molecular flexibility index (Phi) is 4.97. The molecule has 2 aromatic heterocycles. The van der Waals surface area contributed by atoms with E-state index in [9.17, 15) is 0 Å². The first-order chi connectivity index (χ1) is 12.4. The number of hydrogen-bond donors (Lipinski definition) is 2. The molecule has 0 saturated heterocycles. The van der Waals surface area contributed by atoms with Crippen LogP contribution in [0.15, 0.2) is 36.8 Å². The summed E-state index contributed by atoms with van der Waals surface area (Å²) >= 11 is 0. The van der Waals surface area contributed by atoms with Gasteiger partial charge in [-0.3, -0.25) is 4.68 Å². The van der Waals surface area contributed by atoms with E-state index < -0.39 is 0 Å². The van der Waals surface area contributed by atoms with Gasteiger partial charge in [-0.25, -0.2) is 9.97 Å². The summed E-state index contributed by atoms with van der Waals surface area (Å²) in [5.41, 5.74) is 1.88. The van der Waals surface area contributed by atoms with Crippen molar-refractivity contribution in [1.29, 1.82) is 0 Å². The fraction of sp³-hybridized carbons (Fsp3) is 0.421. The van der Waals surface area contributed by atoms with E-state index in [1.165, 1.54) is 0 Å². The maximum Gasteiger partial charge on any atom is 0.163 e. The molecule has 7 heteroatoms. The van der Waals surface area contributed by atoms with Crippen LogP contribution in [0, 0.1) is 5.41 Å². The Hall–Kier alpha value is -2.83. The van der Waals surface area contributed by atoms with Crippen LogP contribution in [0.1, 0.15) is 20.8 Å². The maximum absolute atomic E-state index is 5.32. The topological polar surface area (TPSA) is 76.9 Å². The molecule has 2 N–H and O–H groups in total. The first kappa shape index (κ1) is 18.0. The number of methoxy groups -OCH3 is 1. The summed E-state index contributed by atoms with van der Waals surface area (Å²) in [7, 11) is 3.55. The highest BCUT2D eigenvalue weighted by molar-refractivity contribution is 5.85. The van der Waals surface area contributed by atoms with Gasteiger partial charge in [-0.1, -0.05) is 26.8 Å². The molecule has 0 fully saturated rings. The molecule has 26 heavy (non-hydrogen) atoms. The normalized spacial score (nSPS) is 12.8. The van der Waals surface area contributed by atoms with Gasteiger partial charge in [0.15, 0.2) is 5.65 Å². The lowest BCUT2D eigenvalue weighted by molar-refractivity contribution is 0.350. The van der Waals surface area contributed by atoms with E-state index in [0.29, 0.717) is 6.54 Å². The third kappa shape index (κ3) is 3.87. The van der Waals surface area contributed by atoms with Crippen molar-refractivity contribution in [2.45, 2.75) is 26.8 Å². The molecule has 0 amide bonds. The summed E-state index contributed by atoms with van der Waals surface area (Å²) in [5.74, 6) is 1.63. The summed E-state index contributed by atoms with van der Waals surface area (Å²) in [6.07, 6.45) is 3.35. The Morgan fingerprint density at radius 1 is 1.23 bits per heavy atom. The van der Waals surface area contributed by atoms with Crippen molar-refractivity contribution in [3.8, 4) is 5.75 Å². The maximum atomic E-state index is 5.32. The summed E-state index contributed by atoms with van der Waals surface area (Å²) in [6.45, 7) is 7.35. The standard InChI is InChI=1S/C19H26N6O/c1-19(2,3)16(24-13-7-6-8-14(9-13)26-5)11-20-17-15-10-23-25(4)18(15)22-12-21-17/h6-10,12,16,24H,11H2,1-5H3,(H,20,21,22)/t16-/m0/s1. The van der Waals surface area contributed by atoms with Gasteiger partial charge in [-0.2, -0.15) is 5.10 Å². The van der Waals surface area contributed by atoms with E-state index in [-0.39, 0.29) is 11.5 Å². The quantitative estimate of drug-likeness (QED) is 0.707. The molecule has 1 aromatic carbocycles. The molecule has 0 saturated carbocycles. The molecule has 0 unspecified atom stereocenters. The first-order valence-electron chi connectivity index (χ1n) is 8.65. The minimum absolute atomic E-state index is 0.0388. The molecule has 0 radical (unpaired) electrons. The van der Waals surface area contributed by atoms with Gasteiger partial charge in [0.05, 0.1) is 18.7 Å². The third-order valence-electron chi connectivity index (χ3n) is 4.46. The summed E-state index contributed by atoms with van der Waals surface area (Å²) in [5, 5.41) is 12.3. The SMILES string of the molecule is COc1cccc(N[C@@H](CNc2ncnc3c2cnn3C)C(C)(C)C)c1. The molecule has 1 atom stereocenters. The number of benzene rings is 1. The highest BCUT2D eigenvalue weighted by atomic mass is 16.5. The lowest BCUT2D eigenvalue weighted by Crippen LogP contribution is -2.40. The lowest BCUT2D eigenvalue weighted by atomic mass is 9.86. The van der Waals surface area contributed by atoms with Gasteiger partial charge in [0.2, 0.25) is 0 Å². The lowest BCUT2D eigenvalue weighted by Gasteiger charge is -2.33. The average molecular weight is 354 g/mol. The molecule has 3 aromatic rings. The third-order valence-corrected chi connectivity index (χ3v) is 4.46. The number of aromatic nitrogens is 4. The molecule has 0 spiro atoms. The Balaban J connectivity index is 1.78. The van der Waals surface area contributed by atoms with Gasteiger partial charge in [0.25, 0.3) is 0 Å². The highest BCUT2D eigenvalue weighted by Crippen LogP contribution is 2.26. The molecule has 0 bridgehead atoms. The Morgan fingerprint density at radius 3 is 2.77 bits per heavy atom. The molecule has 2 heterocycles. The average Bonchev–Trinajstić information content (AvgIpc) is 3.00. The van der Waals surface area contributed by atoms with Gasteiger partial charge in [-0.05, 0) is 17.5 Å². The number of nitrogens with zero attached hydrogens (tertiary/aromatic N) is 4. The minimum atomic E-state index is 0.0388. The molecule has 7 nitrogen and oxygen atoms in total. The van der Waals surface area contributed by atoms with Crippen LogP contribution in [-0.2, 0) is 7.05 Å². The predicted molar refractivity (Wildman–Crippen MR) is 105 cm³/mol. The molecule has 0 aliphatic heterocycles. The van der Waals surface area contributed by atoms with Crippen molar-refractivity contribution in [2.24, 2.45) is 12.5 Å². The fourth-order valence-electron chi connectivity index (χ4n) is 2.79. The molecular weight excluding hydrogens is 328 g/mol. The Labute approximate surface area is 153 Å². The Bertz CT molecular complexity index is 883. The van der Waals surface area contributed by atoms with Crippen LogP contribution in [0.5, 0.6) is 5.75 Å². The molecule has 138 valence electrons. The van der Waals surface area contributed by atoms with E-state index >= 15 is 0 Å². The number of ether oxygens (including phenoxy) is 1. The fourth-order valence-corrected chi connectivity index (χ4v) is 2.79. The van der Waals surface area contributed by atoms with Crippen molar-refractivity contribution in [1.82, 2.24) is 19.7 Å². The zero-order valence-electron chi connectivity index (χ0n) is 15.9. The van der Waals surface area contributed by atoms with Crippen LogP contribution >= 0.6 is 0 Å². The van der Waals surface area contributed by atoms with Crippen LogP contribution in [0.3, 0.4) is 0 Å². The summed E-state index contributed by atoms with van der Waals surface area (Å²) in [4.78, 5) is 8.67. The van der Waals surface area contributed by atoms with Crippen molar-refractivity contribution in [3.05, 3.63) is 36.8 Å². The first-order valence-corrected chi connectivity index (χ1v) is 8.65. The van der Waals surface area contributed by atoms with E-state index in [0.717, 1.165) is 28.3 Å². The van der Waals surface area contributed by atoms with Gasteiger partial charge in [-0.15, -0.1) is 0 Å². The van der Waals surface area contributed by atoms with E-state index in [4.69, 9.17) is 4.74 Å². The van der Waals surface area contributed by atoms with Gasteiger partial charge < -0.3 is 15.4 Å². The van der Waals surface area contributed by atoms with E-state index in [1.54, 1.807) is 24.3 Å². The monoisotopic (exact) mass is 354 g/mol. The minimum Gasteiger partial charge on any atom is -0.497 e. The van der Waals surface area contributed by atoms with Crippen LogP contribution in [0.4, 0.5) is 11.5 Å². The van der Waals surface area contributed by atoms with E-state index in [2.05, 4.69) is 46.5 Å².